The van der Waals surface area contributed by atoms with Crippen LogP contribution in [0.5, 0.6) is 0 Å². The number of amides is 2. The van der Waals surface area contributed by atoms with Crippen LogP contribution in [0.3, 0.4) is 0 Å². The molecule has 1 fully saturated rings. The van der Waals surface area contributed by atoms with Gasteiger partial charge in [-0.3, -0.25) is 4.79 Å². The van der Waals surface area contributed by atoms with E-state index in [1.54, 1.807) is 4.90 Å². The molecule has 2 amide bonds. The predicted octanol–water partition coefficient (Wildman–Crippen LogP) is 2.86. The Kier molecular flexibility index (Phi) is 4.74. The fourth-order valence-corrected chi connectivity index (χ4v) is 2.75. The molecule has 2 rings (SSSR count). The second kappa shape index (κ2) is 6.38. The molecule has 2 N–H and O–H groups in total. The van der Waals surface area contributed by atoms with Crippen LogP contribution in [-0.4, -0.2) is 29.0 Å². The molecule has 1 saturated heterocycles. The molecule has 1 aliphatic heterocycles. The Hall–Kier alpha value is -2.04. The maximum absolute atomic E-state index is 12.5. The minimum atomic E-state index is -0.543. The largest absolute Gasteiger partial charge is 0.444 e. The average molecular weight is 304 g/mol. The zero-order valence-corrected chi connectivity index (χ0v) is 13.4. The highest BCUT2D eigenvalue weighted by Crippen LogP contribution is 2.35. The van der Waals surface area contributed by atoms with Gasteiger partial charge in [0, 0.05) is 12.5 Å². The van der Waals surface area contributed by atoms with E-state index in [1.807, 2.05) is 51.1 Å². The van der Waals surface area contributed by atoms with E-state index >= 15 is 0 Å². The predicted molar refractivity (Wildman–Crippen MR) is 84.0 cm³/mol. The lowest BCUT2D eigenvalue weighted by atomic mass is 9.87. The maximum atomic E-state index is 12.5. The van der Waals surface area contributed by atoms with E-state index in [-0.39, 0.29) is 24.0 Å². The lowest BCUT2D eigenvalue weighted by Crippen LogP contribution is -2.45. The van der Waals surface area contributed by atoms with Crippen LogP contribution in [0.25, 0.3) is 0 Å². The molecule has 2 atom stereocenters. The number of rotatable bonds is 2. The van der Waals surface area contributed by atoms with Crippen LogP contribution in [-0.2, 0) is 9.53 Å². The molecule has 1 aliphatic rings. The molecule has 0 saturated carbocycles. The number of benzene rings is 1. The van der Waals surface area contributed by atoms with Crippen LogP contribution >= 0.6 is 0 Å². The summed E-state index contributed by atoms with van der Waals surface area (Å²) in [6.07, 6.45) is 0.778. The first-order valence-corrected chi connectivity index (χ1v) is 7.62. The highest BCUT2D eigenvalue weighted by molar-refractivity contribution is 5.77. The summed E-state index contributed by atoms with van der Waals surface area (Å²) >= 11 is 0. The number of carbonyl (C=O) groups excluding carboxylic acids is 2. The van der Waals surface area contributed by atoms with Crippen molar-refractivity contribution in [1.29, 1.82) is 0 Å². The molecule has 0 aliphatic carbocycles. The summed E-state index contributed by atoms with van der Waals surface area (Å²) in [5, 5.41) is 0. The molecule has 0 aromatic heterocycles. The number of hydrogen-bond acceptors (Lipinski definition) is 3. The quantitative estimate of drug-likeness (QED) is 0.913. The molecule has 120 valence electrons. The number of nitrogens with two attached hydrogens (primary N) is 1. The van der Waals surface area contributed by atoms with Gasteiger partial charge in [-0.05, 0) is 39.2 Å². The lowest BCUT2D eigenvalue weighted by Gasteiger charge is -2.39. The molecule has 1 unspecified atom stereocenters. The third kappa shape index (κ3) is 4.00. The van der Waals surface area contributed by atoms with Gasteiger partial charge in [-0.25, -0.2) is 4.79 Å². The summed E-state index contributed by atoms with van der Waals surface area (Å²) in [5.41, 5.74) is 5.91. The monoisotopic (exact) mass is 304 g/mol. The molecule has 22 heavy (non-hydrogen) atoms. The fraction of sp³-hybridized carbons (Fsp3) is 0.529. The highest BCUT2D eigenvalue weighted by atomic mass is 16.6. The normalized spacial score (nSPS) is 22.2. The van der Waals surface area contributed by atoms with Crippen LogP contribution in [0.15, 0.2) is 30.3 Å². The second-order valence-corrected chi connectivity index (χ2v) is 6.72. The smallest absolute Gasteiger partial charge is 0.410 e. The molecule has 0 bridgehead atoms. The number of nitrogens with zero attached hydrogens (tertiary/aromatic N) is 1. The average Bonchev–Trinajstić information content (AvgIpc) is 2.45. The number of primary amides is 1. The molecular formula is C17H24N2O3. The second-order valence-electron chi connectivity index (χ2n) is 6.72. The van der Waals surface area contributed by atoms with Gasteiger partial charge in [0.1, 0.15) is 5.60 Å². The number of hydrogen-bond donors (Lipinski definition) is 1. The van der Waals surface area contributed by atoms with Crippen molar-refractivity contribution < 1.29 is 14.3 Å². The van der Waals surface area contributed by atoms with Gasteiger partial charge in [-0.15, -0.1) is 0 Å². The van der Waals surface area contributed by atoms with Gasteiger partial charge >= 0.3 is 6.09 Å². The van der Waals surface area contributed by atoms with E-state index in [4.69, 9.17) is 10.5 Å². The first kappa shape index (κ1) is 16.3. The van der Waals surface area contributed by atoms with Crippen LogP contribution in [0.2, 0.25) is 0 Å². The molecule has 0 radical (unpaired) electrons. The first-order valence-electron chi connectivity index (χ1n) is 7.62. The van der Waals surface area contributed by atoms with E-state index < -0.39 is 5.60 Å². The number of ether oxygens (including phenoxy) is 1. The fourth-order valence-electron chi connectivity index (χ4n) is 2.75. The highest BCUT2D eigenvalue weighted by Gasteiger charge is 2.36. The van der Waals surface area contributed by atoms with Crippen LogP contribution in [0.1, 0.15) is 45.2 Å². The summed E-state index contributed by atoms with van der Waals surface area (Å²) in [6.45, 7) is 6.01. The molecular weight excluding hydrogens is 280 g/mol. The maximum Gasteiger partial charge on any atom is 0.410 e. The zero-order valence-electron chi connectivity index (χ0n) is 13.4. The molecule has 1 heterocycles. The van der Waals surface area contributed by atoms with Gasteiger partial charge in [-0.1, -0.05) is 30.3 Å². The van der Waals surface area contributed by atoms with Crippen LogP contribution < -0.4 is 5.73 Å². The van der Waals surface area contributed by atoms with Crippen molar-refractivity contribution in [3.05, 3.63) is 35.9 Å². The number of carbonyl (C=O) groups is 2. The summed E-state index contributed by atoms with van der Waals surface area (Å²) in [4.78, 5) is 25.7. The van der Waals surface area contributed by atoms with E-state index in [9.17, 15) is 9.59 Å². The van der Waals surface area contributed by atoms with Gasteiger partial charge in [0.25, 0.3) is 0 Å². The Bertz CT molecular complexity index is 537. The molecule has 5 heteroatoms. The Morgan fingerprint density at radius 3 is 2.41 bits per heavy atom. The zero-order chi connectivity index (χ0) is 16.3. The van der Waals surface area contributed by atoms with Crippen molar-refractivity contribution in [2.24, 2.45) is 11.7 Å². The Morgan fingerprint density at radius 1 is 1.23 bits per heavy atom. The number of likely N-dealkylation sites (tertiary alicyclic amines) is 1. The van der Waals surface area contributed by atoms with Crippen molar-refractivity contribution in [2.75, 3.05) is 6.54 Å². The standard InChI is InChI=1S/C17H24N2O3/c1-17(2,3)22-16(21)19-10-9-13(15(18)20)11-14(19)12-7-5-4-6-8-12/h4-8,13-14H,9-11H2,1-3H3,(H2,18,20)/t13?,14-/m1/s1. The van der Waals surface area contributed by atoms with Gasteiger partial charge in [-0.2, -0.15) is 0 Å². The summed E-state index contributed by atoms with van der Waals surface area (Å²) < 4.78 is 5.50. The van der Waals surface area contributed by atoms with Crippen molar-refractivity contribution in [3.8, 4) is 0 Å². The van der Waals surface area contributed by atoms with E-state index in [0.717, 1.165) is 5.56 Å². The van der Waals surface area contributed by atoms with Gasteiger partial charge in [0.2, 0.25) is 5.91 Å². The minimum Gasteiger partial charge on any atom is -0.444 e. The molecule has 1 aromatic rings. The Labute approximate surface area is 131 Å². The van der Waals surface area contributed by atoms with Crippen LogP contribution in [0, 0.1) is 5.92 Å². The van der Waals surface area contributed by atoms with Gasteiger partial charge in [0.05, 0.1) is 6.04 Å². The molecule has 1 aromatic carbocycles. The summed E-state index contributed by atoms with van der Waals surface area (Å²) in [7, 11) is 0. The van der Waals surface area contributed by atoms with Gasteiger partial charge < -0.3 is 15.4 Å². The van der Waals surface area contributed by atoms with Crippen molar-refractivity contribution in [3.63, 3.8) is 0 Å². The topological polar surface area (TPSA) is 72.6 Å². The van der Waals surface area contributed by atoms with Crippen LogP contribution in [0.4, 0.5) is 4.79 Å². The van der Waals surface area contributed by atoms with Crippen molar-refractivity contribution >= 4 is 12.0 Å². The SMILES string of the molecule is CC(C)(C)OC(=O)N1CCC(C(N)=O)C[C@@H]1c1ccccc1. The van der Waals surface area contributed by atoms with E-state index in [1.165, 1.54) is 0 Å². The van der Waals surface area contributed by atoms with E-state index in [2.05, 4.69) is 0 Å². The third-order valence-corrected chi connectivity index (χ3v) is 3.82. The summed E-state index contributed by atoms with van der Waals surface area (Å²) in [6, 6.07) is 9.53. The van der Waals surface area contributed by atoms with Crippen molar-refractivity contribution in [1.82, 2.24) is 4.90 Å². The van der Waals surface area contributed by atoms with Crippen molar-refractivity contribution in [2.45, 2.75) is 45.3 Å². The van der Waals surface area contributed by atoms with Gasteiger partial charge in [0.15, 0.2) is 0 Å². The Balaban J connectivity index is 2.23. The third-order valence-electron chi connectivity index (χ3n) is 3.82. The summed E-state index contributed by atoms with van der Waals surface area (Å²) in [5.74, 6) is -0.506. The molecule has 5 nitrogen and oxygen atoms in total. The Morgan fingerprint density at radius 2 is 1.86 bits per heavy atom. The molecule has 0 spiro atoms. The first-order chi connectivity index (χ1) is 10.3. The number of piperidine rings is 1. The van der Waals surface area contributed by atoms with E-state index in [0.29, 0.717) is 19.4 Å². The lowest BCUT2D eigenvalue weighted by molar-refractivity contribution is -0.124. The minimum absolute atomic E-state index is 0.178.